The summed E-state index contributed by atoms with van der Waals surface area (Å²) in [6, 6.07) is 0. The van der Waals surface area contributed by atoms with Gasteiger partial charge in [-0.3, -0.25) is 14.4 Å². The number of carbonyl (C=O) groups is 2. The number of hydrogen-bond acceptors (Lipinski definition) is 3. The molecule has 0 saturated carbocycles. The molecule has 0 unspecified atom stereocenters. The van der Waals surface area contributed by atoms with Crippen molar-refractivity contribution >= 4 is 11.8 Å². The Morgan fingerprint density at radius 3 is 2.69 bits per heavy atom. The van der Waals surface area contributed by atoms with E-state index in [0.717, 1.165) is 0 Å². The van der Waals surface area contributed by atoms with Crippen LogP contribution >= 0.6 is 0 Å². The van der Waals surface area contributed by atoms with Gasteiger partial charge in [0.25, 0.3) is 0 Å². The highest BCUT2D eigenvalue weighted by Gasteiger charge is 2.11. The topological polar surface area (TPSA) is 81.4 Å². The number of nitrogens with two attached hydrogens (primary N) is 1. The smallest absolute Gasteiger partial charge is 0.247 e. The molecule has 1 radical (unpaired) electrons. The van der Waals surface area contributed by atoms with E-state index < -0.39 is 5.91 Å². The maximum atomic E-state index is 11.0. The number of hydroxylamine groups is 1. The summed E-state index contributed by atoms with van der Waals surface area (Å²) in [7, 11) is 0. The second-order valence-corrected chi connectivity index (χ2v) is 2.71. The van der Waals surface area contributed by atoms with Gasteiger partial charge >= 0.3 is 0 Å². The Kier molecular flexibility index (Phi) is 5.88. The average molecular weight is 187 g/mol. The van der Waals surface area contributed by atoms with E-state index in [0.29, 0.717) is 6.61 Å². The molecule has 13 heavy (non-hydrogen) atoms. The van der Waals surface area contributed by atoms with Gasteiger partial charge in [-0.1, -0.05) is 6.92 Å². The fraction of sp³-hybridized carbons (Fsp3) is 0.625. The van der Waals surface area contributed by atoms with E-state index in [1.807, 2.05) is 0 Å². The standard InChI is InChI=1S/C8H15N2O3/c1-3-13-10-8(12)5-6(2)4-7(9)11/h5-6H,3-4H2,1-2H3,(H2,9,11)(H,10,12)/t6-/m1/s1. The van der Waals surface area contributed by atoms with Gasteiger partial charge in [0, 0.05) is 6.42 Å². The second kappa shape index (κ2) is 6.42. The highest BCUT2D eigenvalue weighted by molar-refractivity contribution is 5.85. The average Bonchev–Trinajstić information content (AvgIpc) is 1.98. The van der Waals surface area contributed by atoms with E-state index in [9.17, 15) is 9.59 Å². The molecule has 0 aliphatic carbocycles. The van der Waals surface area contributed by atoms with E-state index in [-0.39, 0.29) is 18.2 Å². The minimum atomic E-state index is -0.423. The van der Waals surface area contributed by atoms with Crippen LogP contribution in [0.3, 0.4) is 0 Å². The summed E-state index contributed by atoms with van der Waals surface area (Å²) in [5.74, 6) is -0.943. The van der Waals surface area contributed by atoms with E-state index >= 15 is 0 Å². The van der Waals surface area contributed by atoms with E-state index in [1.165, 1.54) is 6.42 Å². The molecule has 0 aliphatic heterocycles. The molecule has 0 heterocycles. The molecule has 0 rings (SSSR count). The normalized spacial score (nSPS) is 12.2. The number of hydrogen-bond donors (Lipinski definition) is 2. The molecule has 2 amide bonds. The molecule has 0 aromatic heterocycles. The Morgan fingerprint density at radius 2 is 2.23 bits per heavy atom. The highest BCUT2D eigenvalue weighted by atomic mass is 16.6. The SMILES string of the molecule is CCONC(=O)[CH][C@H](C)CC(N)=O. The molecule has 0 aromatic rings. The van der Waals surface area contributed by atoms with Crippen LogP contribution in [0.2, 0.25) is 0 Å². The van der Waals surface area contributed by atoms with Crippen LogP contribution in [0.4, 0.5) is 0 Å². The number of nitrogens with one attached hydrogen (secondary N) is 1. The molecule has 0 aliphatic rings. The number of primary amides is 1. The van der Waals surface area contributed by atoms with E-state index in [2.05, 4.69) is 10.3 Å². The maximum Gasteiger partial charge on any atom is 0.247 e. The van der Waals surface area contributed by atoms with Crippen LogP contribution in [-0.2, 0) is 14.4 Å². The lowest BCUT2D eigenvalue weighted by Gasteiger charge is -2.07. The van der Waals surface area contributed by atoms with Crippen LogP contribution in [-0.4, -0.2) is 18.4 Å². The van der Waals surface area contributed by atoms with Crippen LogP contribution in [0, 0.1) is 12.3 Å². The van der Waals surface area contributed by atoms with Crippen molar-refractivity contribution in [3.8, 4) is 0 Å². The molecular formula is C8H15N2O3. The van der Waals surface area contributed by atoms with Gasteiger partial charge in [-0.2, -0.15) is 0 Å². The monoisotopic (exact) mass is 187 g/mol. The van der Waals surface area contributed by atoms with Gasteiger partial charge in [-0.25, -0.2) is 5.48 Å². The zero-order valence-electron chi connectivity index (χ0n) is 7.87. The highest BCUT2D eigenvalue weighted by Crippen LogP contribution is 2.04. The van der Waals surface area contributed by atoms with Crippen molar-refractivity contribution in [2.75, 3.05) is 6.61 Å². The molecule has 5 heteroatoms. The number of carbonyl (C=O) groups excluding carboxylic acids is 2. The molecule has 0 bridgehead atoms. The third-order valence-electron chi connectivity index (χ3n) is 1.28. The van der Waals surface area contributed by atoms with Gasteiger partial charge in [-0.15, -0.1) is 0 Å². The van der Waals surface area contributed by atoms with Crippen LogP contribution in [0.1, 0.15) is 20.3 Å². The van der Waals surface area contributed by atoms with Crippen molar-refractivity contribution < 1.29 is 14.4 Å². The Labute approximate surface area is 77.6 Å². The summed E-state index contributed by atoms with van der Waals surface area (Å²) < 4.78 is 0. The largest absolute Gasteiger partial charge is 0.370 e. The van der Waals surface area contributed by atoms with Crippen molar-refractivity contribution in [1.29, 1.82) is 0 Å². The van der Waals surface area contributed by atoms with Crippen LogP contribution in [0.25, 0.3) is 0 Å². The van der Waals surface area contributed by atoms with Gasteiger partial charge in [0.15, 0.2) is 0 Å². The number of rotatable bonds is 6. The van der Waals surface area contributed by atoms with E-state index in [1.54, 1.807) is 13.8 Å². The minimum absolute atomic E-state index is 0.166. The summed E-state index contributed by atoms with van der Waals surface area (Å²) in [6.45, 7) is 3.90. The third kappa shape index (κ3) is 7.27. The first-order chi connectivity index (χ1) is 6.06. The first-order valence-electron chi connectivity index (χ1n) is 4.11. The van der Waals surface area contributed by atoms with Gasteiger partial charge < -0.3 is 5.73 Å². The Morgan fingerprint density at radius 1 is 1.62 bits per heavy atom. The predicted molar refractivity (Wildman–Crippen MR) is 47.0 cm³/mol. The summed E-state index contributed by atoms with van der Waals surface area (Å²) in [5, 5.41) is 0. The van der Waals surface area contributed by atoms with Crippen molar-refractivity contribution in [1.82, 2.24) is 5.48 Å². The molecule has 0 spiro atoms. The van der Waals surface area contributed by atoms with Crippen LogP contribution in [0.15, 0.2) is 0 Å². The summed E-state index contributed by atoms with van der Waals surface area (Å²) in [5.41, 5.74) is 7.14. The fourth-order valence-electron chi connectivity index (χ4n) is 0.812. The lowest BCUT2D eigenvalue weighted by Crippen LogP contribution is -2.27. The summed E-state index contributed by atoms with van der Waals surface area (Å²) in [4.78, 5) is 26.0. The van der Waals surface area contributed by atoms with Crippen molar-refractivity contribution in [3.05, 3.63) is 6.42 Å². The molecule has 3 N–H and O–H groups in total. The second-order valence-electron chi connectivity index (χ2n) is 2.71. The zero-order valence-corrected chi connectivity index (χ0v) is 7.87. The van der Waals surface area contributed by atoms with Crippen LogP contribution in [0.5, 0.6) is 0 Å². The Balaban J connectivity index is 3.59. The van der Waals surface area contributed by atoms with Crippen molar-refractivity contribution in [2.45, 2.75) is 20.3 Å². The molecule has 5 nitrogen and oxygen atoms in total. The first kappa shape index (κ1) is 11.9. The van der Waals surface area contributed by atoms with Crippen molar-refractivity contribution in [3.63, 3.8) is 0 Å². The fourth-order valence-corrected chi connectivity index (χ4v) is 0.812. The molecule has 1 atom stereocenters. The van der Waals surface area contributed by atoms with Gasteiger partial charge in [0.2, 0.25) is 11.8 Å². The van der Waals surface area contributed by atoms with E-state index in [4.69, 9.17) is 5.73 Å². The first-order valence-corrected chi connectivity index (χ1v) is 4.11. The third-order valence-corrected chi connectivity index (χ3v) is 1.28. The van der Waals surface area contributed by atoms with Gasteiger partial charge in [0.1, 0.15) is 0 Å². The lowest BCUT2D eigenvalue weighted by molar-refractivity contribution is -0.130. The van der Waals surface area contributed by atoms with Gasteiger partial charge in [0.05, 0.1) is 13.0 Å². The number of amides is 2. The molecule has 0 fully saturated rings. The maximum absolute atomic E-state index is 11.0. The summed E-state index contributed by atoms with van der Waals surface area (Å²) >= 11 is 0. The molecule has 75 valence electrons. The zero-order chi connectivity index (χ0) is 10.3. The summed E-state index contributed by atoms with van der Waals surface area (Å²) in [6.07, 6.45) is 1.53. The Bertz CT molecular complexity index is 182. The quantitative estimate of drug-likeness (QED) is 0.563. The molecular weight excluding hydrogens is 172 g/mol. The lowest BCUT2D eigenvalue weighted by atomic mass is 10.0. The van der Waals surface area contributed by atoms with Crippen LogP contribution < -0.4 is 11.2 Å². The predicted octanol–water partition coefficient (Wildman–Crippen LogP) is -0.230. The van der Waals surface area contributed by atoms with Crippen molar-refractivity contribution in [2.24, 2.45) is 11.7 Å². The van der Waals surface area contributed by atoms with Gasteiger partial charge in [-0.05, 0) is 12.8 Å². The molecule has 0 aromatic carbocycles. The Hall–Kier alpha value is -1.10. The molecule has 0 saturated heterocycles. The minimum Gasteiger partial charge on any atom is -0.370 e.